The van der Waals surface area contributed by atoms with Gasteiger partial charge in [-0.15, -0.1) is 0 Å². The Morgan fingerprint density at radius 1 is 1.28 bits per heavy atom. The first-order valence-electron chi connectivity index (χ1n) is 6.39. The molecule has 1 aromatic carbocycles. The Balaban J connectivity index is 1.69. The maximum atomic E-state index is 11.0. The van der Waals surface area contributed by atoms with Crippen LogP contribution < -0.4 is 0 Å². The van der Waals surface area contributed by atoms with E-state index < -0.39 is 12.1 Å². The second-order valence-corrected chi connectivity index (χ2v) is 5.02. The van der Waals surface area contributed by atoms with E-state index in [9.17, 15) is 4.79 Å². The lowest BCUT2D eigenvalue weighted by Gasteiger charge is -2.35. The van der Waals surface area contributed by atoms with Crippen LogP contribution in [0.3, 0.4) is 0 Å². The molecule has 1 fully saturated rings. The van der Waals surface area contributed by atoms with Gasteiger partial charge in [-0.05, 0) is 24.0 Å². The molecule has 0 amide bonds. The lowest BCUT2D eigenvalue weighted by atomic mass is 10.1. The number of fused-ring (bicyclic) bond motifs is 1. The van der Waals surface area contributed by atoms with Gasteiger partial charge in [0.25, 0.3) is 0 Å². The van der Waals surface area contributed by atoms with E-state index in [1.165, 1.54) is 11.1 Å². The van der Waals surface area contributed by atoms with Gasteiger partial charge in [-0.25, -0.2) is 4.79 Å². The minimum Gasteiger partial charge on any atom is -0.479 e. The molecule has 1 aromatic rings. The molecule has 96 valence electrons. The van der Waals surface area contributed by atoms with E-state index in [2.05, 4.69) is 29.2 Å². The Morgan fingerprint density at radius 3 is 2.56 bits per heavy atom. The average Bonchev–Trinajstić information content (AvgIpc) is 2.82. The molecule has 1 saturated heterocycles. The quantitative estimate of drug-likeness (QED) is 0.845. The zero-order valence-corrected chi connectivity index (χ0v) is 10.2. The molecular formula is C14H17NO3. The molecule has 0 bridgehead atoms. The molecular weight excluding hydrogens is 230 g/mol. The number of hydrogen-bond donors (Lipinski definition) is 1. The molecule has 1 N–H and O–H groups in total. The molecule has 0 spiro atoms. The van der Waals surface area contributed by atoms with Crippen molar-refractivity contribution in [3.05, 3.63) is 35.4 Å². The van der Waals surface area contributed by atoms with Crippen LogP contribution in [0.4, 0.5) is 0 Å². The van der Waals surface area contributed by atoms with Crippen LogP contribution >= 0.6 is 0 Å². The Kier molecular flexibility index (Phi) is 3.06. The van der Waals surface area contributed by atoms with Crippen molar-refractivity contribution in [3.8, 4) is 0 Å². The summed E-state index contributed by atoms with van der Waals surface area (Å²) in [6.45, 7) is 1.86. The fourth-order valence-electron chi connectivity index (χ4n) is 2.94. The van der Waals surface area contributed by atoms with Crippen LogP contribution in [0, 0.1) is 0 Å². The summed E-state index contributed by atoms with van der Waals surface area (Å²) in [7, 11) is 0. The van der Waals surface area contributed by atoms with Gasteiger partial charge in [0, 0.05) is 19.1 Å². The van der Waals surface area contributed by atoms with Crippen LogP contribution in [0.5, 0.6) is 0 Å². The van der Waals surface area contributed by atoms with Crippen molar-refractivity contribution in [3.63, 3.8) is 0 Å². The van der Waals surface area contributed by atoms with Gasteiger partial charge in [0.2, 0.25) is 0 Å². The number of benzene rings is 1. The minimum atomic E-state index is -0.852. The molecule has 1 unspecified atom stereocenters. The number of ether oxygens (including phenoxy) is 1. The van der Waals surface area contributed by atoms with E-state index in [-0.39, 0.29) is 0 Å². The fourth-order valence-corrected chi connectivity index (χ4v) is 2.94. The highest BCUT2D eigenvalue weighted by molar-refractivity contribution is 5.72. The highest BCUT2D eigenvalue weighted by Crippen LogP contribution is 2.26. The maximum Gasteiger partial charge on any atom is 0.334 e. The van der Waals surface area contributed by atoms with Crippen molar-refractivity contribution in [2.24, 2.45) is 0 Å². The van der Waals surface area contributed by atoms with E-state index in [4.69, 9.17) is 9.84 Å². The number of carbonyl (C=O) groups is 1. The van der Waals surface area contributed by atoms with E-state index in [1.54, 1.807) is 0 Å². The third-order valence-corrected chi connectivity index (χ3v) is 3.92. The largest absolute Gasteiger partial charge is 0.479 e. The van der Waals surface area contributed by atoms with Crippen LogP contribution in [0.1, 0.15) is 11.1 Å². The second-order valence-electron chi connectivity index (χ2n) is 5.02. The SMILES string of the molecule is O=C(O)C1CN(C2Cc3ccccc3C2)CCO1. The molecule has 1 atom stereocenters. The predicted molar refractivity (Wildman–Crippen MR) is 66.6 cm³/mol. The molecule has 18 heavy (non-hydrogen) atoms. The number of hydrogen-bond acceptors (Lipinski definition) is 3. The lowest BCUT2D eigenvalue weighted by molar-refractivity contribution is -0.157. The van der Waals surface area contributed by atoms with Crippen molar-refractivity contribution in [1.82, 2.24) is 4.90 Å². The van der Waals surface area contributed by atoms with Crippen molar-refractivity contribution in [2.75, 3.05) is 19.7 Å². The number of aliphatic carboxylic acids is 1. The number of carboxylic acid groups (broad SMARTS) is 1. The third kappa shape index (κ3) is 2.13. The van der Waals surface area contributed by atoms with Crippen molar-refractivity contribution in [2.45, 2.75) is 25.0 Å². The van der Waals surface area contributed by atoms with Crippen LogP contribution in [0.2, 0.25) is 0 Å². The number of carboxylic acids is 1. The topological polar surface area (TPSA) is 49.8 Å². The highest BCUT2D eigenvalue weighted by Gasteiger charge is 2.33. The van der Waals surface area contributed by atoms with Crippen LogP contribution in [0.15, 0.2) is 24.3 Å². The molecule has 2 aliphatic rings. The van der Waals surface area contributed by atoms with Gasteiger partial charge in [-0.3, -0.25) is 4.90 Å². The van der Waals surface area contributed by atoms with Gasteiger partial charge in [0.15, 0.2) is 6.10 Å². The molecule has 0 aromatic heterocycles. The van der Waals surface area contributed by atoms with Gasteiger partial charge in [0.1, 0.15) is 0 Å². The van der Waals surface area contributed by atoms with E-state index in [1.807, 2.05) is 0 Å². The molecule has 4 heteroatoms. The van der Waals surface area contributed by atoms with Gasteiger partial charge in [-0.2, -0.15) is 0 Å². The maximum absolute atomic E-state index is 11.0. The zero-order valence-electron chi connectivity index (χ0n) is 10.2. The number of nitrogens with zero attached hydrogens (tertiary/aromatic N) is 1. The molecule has 3 rings (SSSR count). The van der Waals surface area contributed by atoms with Crippen LogP contribution in [-0.2, 0) is 22.4 Å². The minimum absolute atomic E-state index is 0.438. The molecule has 1 aliphatic heterocycles. The van der Waals surface area contributed by atoms with E-state index in [0.29, 0.717) is 19.2 Å². The van der Waals surface area contributed by atoms with Crippen molar-refractivity contribution >= 4 is 5.97 Å². The van der Waals surface area contributed by atoms with E-state index in [0.717, 1.165) is 19.4 Å². The average molecular weight is 247 g/mol. The summed E-state index contributed by atoms with van der Waals surface area (Å²) in [5.41, 5.74) is 2.81. The summed E-state index contributed by atoms with van der Waals surface area (Å²) in [5, 5.41) is 9.02. The number of morpholine rings is 1. The molecule has 4 nitrogen and oxygen atoms in total. The summed E-state index contributed by atoms with van der Waals surface area (Å²) in [6.07, 6.45) is 1.40. The van der Waals surface area contributed by atoms with Gasteiger partial charge in [-0.1, -0.05) is 24.3 Å². The lowest BCUT2D eigenvalue weighted by Crippen LogP contribution is -2.50. The summed E-state index contributed by atoms with van der Waals surface area (Å²) in [5.74, 6) is -0.852. The summed E-state index contributed by atoms with van der Waals surface area (Å²) in [4.78, 5) is 13.2. The molecule has 1 aliphatic carbocycles. The van der Waals surface area contributed by atoms with Crippen molar-refractivity contribution in [1.29, 1.82) is 0 Å². The van der Waals surface area contributed by atoms with Gasteiger partial charge < -0.3 is 9.84 Å². The van der Waals surface area contributed by atoms with Gasteiger partial charge >= 0.3 is 5.97 Å². The Labute approximate surface area is 106 Å². The monoisotopic (exact) mass is 247 g/mol. The number of rotatable bonds is 2. The first kappa shape index (κ1) is 11.7. The Hall–Kier alpha value is -1.39. The smallest absolute Gasteiger partial charge is 0.334 e. The first-order chi connectivity index (χ1) is 8.74. The standard InChI is InChI=1S/C14H17NO3/c16-14(17)13-9-15(5-6-18-13)12-7-10-3-1-2-4-11(10)8-12/h1-4,12-13H,5-9H2,(H,16,17). The van der Waals surface area contributed by atoms with E-state index >= 15 is 0 Å². The summed E-state index contributed by atoms with van der Waals surface area (Å²) in [6, 6.07) is 8.92. The predicted octanol–water partition coefficient (Wildman–Crippen LogP) is 0.939. The third-order valence-electron chi connectivity index (χ3n) is 3.92. The first-order valence-corrected chi connectivity index (χ1v) is 6.39. The fraction of sp³-hybridized carbons (Fsp3) is 0.500. The van der Waals surface area contributed by atoms with Crippen LogP contribution in [-0.4, -0.2) is 47.8 Å². The highest BCUT2D eigenvalue weighted by atomic mass is 16.5. The summed E-state index contributed by atoms with van der Waals surface area (Å²) < 4.78 is 5.27. The normalized spacial score (nSPS) is 25.0. The summed E-state index contributed by atoms with van der Waals surface area (Å²) >= 11 is 0. The zero-order chi connectivity index (χ0) is 12.5. The van der Waals surface area contributed by atoms with Gasteiger partial charge in [0.05, 0.1) is 6.61 Å². The Bertz CT molecular complexity index is 435. The Morgan fingerprint density at radius 2 is 1.94 bits per heavy atom. The molecule has 0 radical (unpaired) electrons. The molecule has 0 saturated carbocycles. The van der Waals surface area contributed by atoms with Crippen LogP contribution in [0.25, 0.3) is 0 Å². The molecule has 1 heterocycles. The second kappa shape index (κ2) is 4.71. The van der Waals surface area contributed by atoms with Crippen molar-refractivity contribution < 1.29 is 14.6 Å².